The Hall–Kier alpha value is -1.67. The molecule has 1 aliphatic heterocycles. The molecule has 0 spiro atoms. The van der Waals surface area contributed by atoms with Crippen molar-refractivity contribution < 1.29 is 59.5 Å². The number of carbonyl (C=O) groups excluding carboxylic acids is 3. The van der Waals surface area contributed by atoms with Crippen molar-refractivity contribution >= 4 is 17.7 Å². The van der Waals surface area contributed by atoms with E-state index < -0.39 is 60.1 Å². The largest absolute Gasteiger partial charge is 0.421 e. The Balaban J connectivity index is 3.02. The van der Waals surface area contributed by atoms with Crippen LogP contribution >= 0.6 is 0 Å². The van der Waals surface area contributed by atoms with E-state index in [0.717, 1.165) is 6.92 Å². The van der Waals surface area contributed by atoms with Crippen molar-refractivity contribution in [2.24, 2.45) is 0 Å². The molecule has 1 rings (SSSR count). The molecule has 12 heteroatoms. The number of carbonyl (C=O) groups is 3. The van der Waals surface area contributed by atoms with Crippen LogP contribution in [0.15, 0.2) is 0 Å². The SMILES string of the molecule is CC(=O)C(=O)OOC(=O)C(C)(O)C1(O)OC(CO)C(O)C(O)C1O. The van der Waals surface area contributed by atoms with Gasteiger partial charge in [0, 0.05) is 6.92 Å². The number of hydrogen-bond acceptors (Lipinski definition) is 12. The van der Waals surface area contributed by atoms with Crippen LogP contribution in [0.4, 0.5) is 0 Å². The molecule has 12 nitrogen and oxygen atoms in total. The van der Waals surface area contributed by atoms with Gasteiger partial charge in [-0.3, -0.25) is 4.79 Å². The van der Waals surface area contributed by atoms with E-state index in [0.29, 0.717) is 6.92 Å². The van der Waals surface area contributed by atoms with Crippen molar-refractivity contribution in [2.45, 2.75) is 49.7 Å². The minimum atomic E-state index is -3.25. The lowest BCUT2D eigenvalue weighted by atomic mass is 9.82. The quantitative estimate of drug-likeness (QED) is 0.161. The summed E-state index contributed by atoms with van der Waals surface area (Å²) < 4.78 is 4.75. The van der Waals surface area contributed by atoms with Crippen LogP contribution in [0.1, 0.15) is 13.8 Å². The molecule has 24 heavy (non-hydrogen) atoms. The zero-order valence-corrected chi connectivity index (χ0v) is 12.6. The highest BCUT2D eigenvalue weighted by atomic mass is 17.2. The number of ether oxygens (including phenoxy) is 1. The van der Waals surface area contributed by atoms with Gasteiger partial charge in [0.15, 0.2) is 0 Å². The minimum Gasteiger partial charge on any atom is -0.394 e. The van der Waals surface area contributed by atoms with Crippen LogP contribution in [-0.2, 0) is 28.9 Å². The van der Waals surface area contributed by atoms with Gasteiger partial charge in [-0.25, -0.2) is 19.4 Å². The van der Waals surface area contributed by atoms with E-state index >= 15 is 0 Å². The Labute approximate surface area is 134 Å². The average molecular weight is 354 g/mol. The fourth-order valence-electron chi connectivity index (χ4n) is 1.92. The lowest BCUT2D eigenvalue weighted by Gasteiger charge is -2.49. The summed E-state index contributed by atoms with van der Waals surface area (Å²) in [6.45, 7) is 0.441. The number of rotatable bonds is 4. The molecule has 0 aliphatic carbocycles. The first-order chi connectivity index (χ1) is 10.9. The summed E-state index contributed by atoms with van der Waals surface area (Å²) in [5, 5.41) is 58.6. The molecular formula is C12H18O12. The van der Waals surface area contributed by atoms with Gasteiger partial charge in [-0.1, -0.05) is 0 Å². The second kappa shape index (κ2) is 7.06. The van der Waals surface area contributed by atoms with Gasteiger partial charge in [-0.2, -0.15) is 0 Å². The zero-order valence-electron chi connectivity index (χ0n) is 12.6. The topological polar surface area (TPSA) is 200 Å². The maximum absolute atomic E-state index is 11.8. The van der Waals surface area contributed by atoms with Crippen LogP contribution in [0.2, 0.25) is 0 Å². The smallest absolute Gasteiger partial charge is 0.394 e. The fourth-order valence-corrected chi connectivity index (χ4v) is 1.92. The Bertz CT molecular complexity index is 514. The maximum Gasteiger partial charge on any atom is 0.421 e. The summed E-state index contributed by atoms with van der Waals surface area (Å²) in [5.41, 5.74) is -3.14. The molecule has 6 N–H and O–H groups in total. The van der Waals surface area contributed by atoms with E-state index in [1.54, 1.807) is 0 Å². The van der Waals surface area contributed by atoms with Crippen molar-refractivity contribution in [1.29, 1.82) is 0 Å². The molecule has 0 aromatic rings. The zero-order chi connectivity index (χ0) is 18.9. The standard InChI is InChI=1S/C12H18O12/c1-4(14)9(18)23-24-10(19)11(2,20)12(21)8(17)7(16)6(15)5(3-13)22-12/h5-8,13,15-17,20-21H,3H2,1-2H3. The maximum atomic E-state index is 11.8. The molecular weight excluding hydrogens is 336 g/mol. The summed E-state index contributed by atoms with van der Waals surface area (Å²) in [4.78, 5) is 41.1. The first kappa shape index (κ1) is 20.4. The van der Waals surface area contributed by atoms with Gasteiger partial charge in [0.05, 0.1) is 6.61 Å². The van der Waals surface area contributed by atoms with Gasteiger partial charge in [0.2, 0.25) is 17.2 Å². The molecule has 6 atom stereocenters. The van der Waals surface area contributed by atoms with Gasteiger partial charge < -0.3 is 35.4 Å². The second-order valence-corrected chi connectivity index (χ2v) is 5.33. The van der Waals surface area contributed by atoms with Crippen molar-refractivity contribution in [3.63, 3.8) is 0 Å². The van der Waals surface area contributed by atoms with Gasteiger partial charge in [0.25, 0.3) is 0 Å². The highest BCUT2D eigenvalue weighted by Gasteiger charge is 2.65. The van der Waals surface area contributed by atoms with Gasteiger partial charge in [0.1, 0.15) is 24.4 Å². The summed E-state index contributed by atoms with van der Waals surface area (Å²) in [7, 11) is 0. The van der Waals surface area contributed by atoms with E-state index in [-0.39, 0.29) is 0 Å². The predicted octanol–water partition coefficient (Wildman–Crippen LogP) is -4.51. The third-order valence-electron chi connectivity index (χ3n) is 3.54. The fraction of sp³-hybridized carbons (Fsp3) is 0.750. The number of aliphatic hydroxyl groups excluding tert-OH is 4. The summed E-state index contributed by atoms with van der Waals surface area (Å²) in [5.74, 6) is -7.83. The van der Waals surface area contributed by atoms with Crippen LogP contribution in [0.25, 0.3) is 0 Å². The molecule has 0 bridgehead atoms. The van der Waals surface area contributed by atoms with E-state index in [1.807, 2.05) is 0 Å². The summed E-state index contributed by atoms with van der Waals surface area (Å²) >= 11 is 0. The van der Waals surface area contributed by atoms with Crippen LogP contribution in [0.5, 0.6) is 0 Å². The van der Waals surface area contributed by atoms with Crippen LogP contribution in [-0.4, -0.2) is 90.8 Å². The number of hydrogen-bond donors (Lipinski definition) is 6. The number of ketones is 1. The predicted molar refractivity (Wildman–Crippen MR) is 68.4 cm³/mol. The Morgan fingerprint density at radius 2 is 1.71 bits per heavy atom. The number of Topliss-reactive ketones (excluding diaryl/α,β-unsaturated/α-hetero) is 1. The normalized spacial score (nSPS) is 35.7. The monoisotopic (exact) mass is 354 g/mol. The highest BCUT2D eigenvalue weighted by Crippen LogP contribution is 2.37. The van der Waals surface area contributed by atoms with Crippen molar-refractivity contribution in [1.82, 2.24) is 0 Å². The first-order valence-corrected chi connectivity index (χ1v) is 6.61. The van der Waals surface area contributed by atoms with Gasteiger partial charge in [-0.15, -0.1) is 0 Å². The Morgan fingerprint density at radius 3 is 2.17 bits per heavy atom. The van der Waals surface area contributed by atoms with Crippen molar-refractivity contribution in [2.75, 3.05) is 6.61 Å². The molecule has 138 valence electrons. The third-order valence-corrected chi connectivity index (χ3v) is 3.54. The second-order valence-electron chi connectivity index (χ2n) is 5.33. The van der Waals surface area contributed by atoms with Crippen LogP contribution < -0.4 is 0 Å². The van der Waals surface area contributed by atoms with E-state index in [4.69, 9.17) is 9.84 Å². The van der Waals surface area contributed by atoms with Crippen LogP contribution in [0.3, 0.4) is 0 Å². The summed E-state index contributed by atoms with van der Waals surface area (Å²) in [6, 6.07) is 0. The molecule has 0 aromatic carbocycles. The molecule has 0 saturated carbocycles. The van der Waals surface area contributed by atoms with Crippen molar-refractivity contribution in [3.05, 3.63) is 0 Å². The van der Waals surface area contributed by atoms with E-state index in [1.165, 1.54) is 0 Å². The Kier molecular flexibility index (Phi) is 6.00. The molecule has 1 heterocycles. The molecule has 1 saturated heterocycles. The van der Waals surface area contributed by atoms with E-state index in [9.17, 15) is 39.9 Å². The van der Waals surface area contributed by atoms with Gasteiger partial charge in [-0.05, 0) is 6.92 Å². The summed E-state index contributed by atoms with van der Waals surface area (Å²) in [6.07, 6.45) is -8.04. The molecule has 0 radical (unpaired) electrons. The number of aliphatic hydroxyl groups is 6. The molecule has 1 fully saturated rings. The van der Waals surface area contributed by atoms with Gasteiger partial charge >= 0.3 is 11.9 Å². The Morgan fingerprint density at radius 1 is 1.17 bits per heavy atom. The first-order valence-electron chi connectivity index (χ1n) is 6.61. The molecule has 0 aromatic heterocycles. The third kappa shape index (κ3) is 3.39. The lowest BCUT2D eigenvalue weighted by Crippen LogP contribution is -2.74. The van der Waals surface area contributed by atoms with E-state index in [2.05, 4.69) is 9.78 Å². The highest BCUT2D eigenvalue weighted by molar-refractivity contribution is 6.32. The molecule has 6 unspecified atom stereocenters. The minimum absolute atomic E-state index is 0.582. The molecule has 1 aliphatic rings. The van der Waals surface area contributed by atoms with Crippen molar-refractivity contribution in [3.8, 4) is 0 Å². The lowest BCUT2D eigenvalue weighted by molar-refractivity contribution is -0.396. The van der Waals surface area contributed by atoms with Crippen LogP contribution in [0, 0.1) is 0 Å². The average Bonchev–Trinajstić information content (AvgIpc) is 2.53. The molecule has 0 amide bonds.